The minimum atomic E-state index is -0.148. The second-order valence-electron chi connectivity index (χ2n) is 3.74. The maximum Gasteiger partial charge on any atom is 0.310 e. The van der Waals surface area contributed by atoms with Crippen molar-refractivity contribution < 1.29 is 9.53 Å². The first-order valence-electron chi connectivity index (χ1n) is 4.88. The van der Waals surface area contributed by atoms with Gasteiger partial charge in [0.25, 0.3) is 0 Å². The predicted molar refractivity (Wildman–Crippen MR) is 55.9 cm³/mol. The molecule has 0 N–H and O–H groups in total. The highest BCUT2D eigenvalue weighted by atomic mass is 16.5. The van der Waals surface area contributed by atoms with Gasteiger partial charge in [-0.05, 0) is 11.5 Å². The lowest BCUT2D eigenvalue weighted by molar-refractivity contribution is -0.143. The van der Waals surface area contributed by atoms with Gasteiger partial charge < -0.3 is 4.74 Å². The average molecular weight is 192 g/mol. The number of hydrogen-bond donors (Lipinski definition) is 0. The fraction of sp³-hybridized carbons (Fsp3) is 0.417. The smallest absolute Gasteiger partial charge is 0.310 e. The Labute approximate surface area is 84.9 Å². The van der Waals surface area contributed by atoms with Crippen LogP contribution in [0.5, 0.6) is 0 Å². The van der Waals surface area contributed by atoms with Crippen LogP contribution in [-0.4, -0.2) is 12.6 Å². The molecular weight excluding hydrogens is 176 g/mol. The van der Waals surface area contributed by atoms with Crippen LogP contribution in [0.25, 0.3) is 0 Å². The molecule has 2 heteroatoms. The van der Waals surface area contributed by atoms with Crippen molar-refractivity contribution in [1.82, 2.24) is 0 Å². The van der Waals surface area contributed by atoms with Crippen molar-refractivity contribution in [3.63, 3.8) is 0 Å². The molecule has 0 radical (unpaired) electrons. The topological polar surface area (TPSA) is 26.3 Å². The Morgan fingerprint density at radius 2 is 1.93 bits per heavy atom. The van der Waals surface area contributed by atoms with Crippen LogP contribution in [0.4, 0.5) is 0 Å². The molecule has 2 nitrogen and oxygen atoms in total. The minimum Gasteiger partial charge on any atom is -0.465 e. The second-order valence-corrected chi connectivity index (χ2v) is 3.74. The van der Waals surface area contributed by atoms with E-state index in [-0.39, 0.29) is 5.97 Å². The lowest BCUT2D eigenvalue weighted by Crippen LogP contribution is -2.12. The van der Waals surface area contributed by atoms with Gasteiger partial charge in [0.2, 0.25) is 0 Å². The number of carbonyl (C=O) groups excluding carboxylic acids is 1. The maximum absolute atomic E-state index is 11.3. The molecule has 0 heterocycles. The van der Waals surface area contributed by atoms with Gasteiger partial charge in [-0.2, -0.15) is 0 Å². The second kappa shape index (κ2) is 5.43. The zero-order chi connectivity index (χ0) is 10.4. The van der Waals surface area contributed by atoms with Gasteiger partial charge in [0, 0.05) is 0 Å². The molecule has 0 aromatic heterocycles. The van der Waals surface area contributed by atoms with Gasteiger partial charge in [-0.15, -0.1) is 0 Å². The molecule has 0 atom stereocenters. The van der Waals surface area contributed by atoms with Crippen molar-refractivity contribution in [3.8, 4) is 0 Å². The number of ether oxygens (including phenoxy) is 1. The molecule has 0 spiro atoms. The van der Waals surface area contributed by atoms with E-state index in [0.717, 1.165) is 5.56 Å². The molecule has 1 aromatic rings. The lowest BCUT2D eigenvalue weighted by atomic mass is 10.1. The number of carbonyl (C=O) groups is 1. The van der Waals surface area contributed by atoms with Crippen LogP contribution in [0.3, 0.4) is 0 Å². The van der Waals surface area contributed by atoms with Crippen molar-refractivity contribution in [1.29, 1.82) is 0 Å². The molecule has 0 aliphatic carbocycles. The maximum atomic E-state index is 11.3. The zero-order valence-electron chi connectivity index (χ0n) is 8.69. The highest BCUT2D eigenvalue weighted by Gasteiger charge is 2.04. The molecule has 0 saturated carbocycles. The molecule has 0 saturated heterocycles. The number of rotatable bonds is 4. The van der Waals surface area contributed by atoms with Crippen LogP contribution >= 0.6 is 0 Å². The molecule has 0 aliphatic rings. The van der Waals surface area contributed by atoms with Crippen LogP contribution < -0.4 is 0 Å². The first-order valence-corrected chi connectivity index (χ1v) is 4.88. The first kappa shape index (κ1) is 10.8. The predicted octanol–water partition coefficient (Wildman–Crippen LogP) is 2.43. The van der Waals surface area contributed by atoms with Crippen LogP contribution in [0.2, 0.25) is 0 Å². The molecule has 0 amide bonds. The fourth-order valence-corrected chi connectivity index (χ4v) is 1.07. The normalized spacial score (nSPS) is 10.2. The summed E-state index contributed by atoms with van der Waals surface area (Å²) in [5, 5.41) is 0. The third-order valence-corrected chi connectivity index (χ3v) is 1.77. The highest BCUT2D eigenvalue weighted by molar-refractivity contribution is 5.72. The van der Waals surface area contributed by atoms with E-state index in [1.54, 1.807) is 0 Å². The molecule has 1 aromatic carbocycles. The molecule has 1 rings (SSSR count). The van der Waals surface area contributed by atoms with Crippen molar-refractivity contribution in [2.75, 3.05) is 6.61 Å². The molecule has 76 valence electrons. The summed E-state index contributed by atoms with van der Waals surface area (Å²) in [4.78, 5) is 11.3. The van der Waals surface area contributed by atoms with E-state index in [9.17, 15) is 4.79 Å². The molecule has 14 heavy (non-hydrogen) atoms. The van der Waals surface area contributed by atoms with E-state index in [4.69, 9.17) is 4.74 Å². The van der Waals surface area contributed by atoms with Crippen molar-refractivity contribution >= 4 is 5.97 Å². The molecule has 0 bridgehead atoms. The van der Waals surface area contributed by atoms with E-state index in [0.29, 0.717) is 18.9 Å². The van der Waals surface area contributed by atoms with E-state index in [1.165, 1.54) is 0 Å². The molecule has 0 unspecified atom stereocenters. The van der Waals surface area contributed by atoms with E-state index < -0.39 is 0 Å². The molecular formula is C12H16O2. The minimum absolute atomic E-state index is 0.148. The van der Waals surface area contributed by atoms with Gasteiger partial charge in [-0.1, -0.05) is 44.2 Å². The van der Waals surface area contributed by atoms with Crippen LogP contribution in [0.15, 0.2) is 30.3 Å². The van der Waals surface area contributed by atoms with Gasteiger partial charge in [0.05, 0.1) is 13.0 Å². The third kappa shape index (κ3) is 4.08. The van der Waals surface area contributed by atoms with Gasteiger partial charge in [-0.3, -0.25) is 4.79 Å². The molecule has 0 fully saturated rings. The van der Waals surface area contributed by atoms with Gasteiger partial charge in [0.15, 0.2) is 0 Å². The summed E-state index contributed by atoms with van der Waals surface area (Å²) in [5.74, 6) is 0.250. The summed E-state index contributed by atoms with van der Waals surface area (Å²) in [5.41, 5.74) is 1.00. The third-order valence-electron chi connectivity index (χ3n) is 1.77. The summed E-state index contributed by atoms with van der Waals surface area (Å²) in [6.45, 7) is 4.55. The van der Waals surface area contributed by atoms with E-state index in [1.807, 2.05) is 44.2 Å². The highest BCUT2D eigenvalue weighted by Crippen LogP contribution is 2.02. The Bertz CT molecular complexity index is 278. The van der Waals surface area contributed by atoms with E-state index in [2.05, 4.69) is 0 Å². The first-order chi connectivity index (χ1) is 6.68. The van der Waals surface area contributed by atoms with Gasteiger partial charge >= 0.3 is 5.97 Å². The van der Waals surface area contributed by atoms with Crippen molar-refractivity contribution in [2.45, 2.75) is 20.3 Å². The Morgan fingerprint density at radius 3 is 2.50 bits per heavy atom. The lowest BCUT2D eigenvalue weighted by Gasteiger charge is -2.06. The summed E-state index contributed by atoms with van der Waals surface area (Å²) < 4.78 is 5.07. The largest absolute Gasteiger partial charge is 0.465 e. The van der Waals surface area contributed by atoms with Crippen LogP contribution in [-0.2, 0) is 16.0 Å². The van der Waals surface area contributed by atoms with Crippen molar-refractivity contribution in [3.05, 3.63) is 35.9 Å². The van der Waals surface area contributed by atoms with Crippen molar-refractivity contribution in [2.24, 2.45) is 5.92 Å². The zero-order valence-corrected chi connectivity index (χ0v) is 8.69. The Hall–Kier alpha value is -1.31. The average Bonchev–Trinajstić information content (AvgIpc) is 2.16. The standard InChI is InChI=1S/C12H16O2/c1-10(2)9-14-12(13)8-11-6-4-3-5-7-11/h3-7,10H,8-9H2,1-2H3. The SMILES string of the molecule is CC(C)COC(=O)Cc1ccccc1. The Morgan fingerprint density at radius 1 is 1.29 bits per heavy atom. The Balaban J connectivity index is 2.35. The van der Waals surface area contributed by atoms with Crippen LogP contribution in [0, 0.1) is 5.92 Å². The van der Waals surface area contributed by atoms with E-state index >= 15 is 0 Å². The summed E-state index contributed by atoms with van der Waals surface area (Å²) >= 11 is 0. The monoisotopic (exact) mass is 192 g/mol. The number of hydrogen-bond acceptors (Lipinski definition) is 2. The quantitative estimate of drug-likeness (QED) is 0.685. The number of benzene rings is 1. The summed E-state index contributed by atoms with van der Waals surface area (Å²) in [6.07, 6.45) is 0.369. The fourth-order valence-electron chi connectivity index (χ4n) is 1.07. The molecule has 0 aliphatic heterocycles. The number of esters is 1. The summed E-state index contributed by atoms with van der Waals surface area (Å²) in [7, 11) is 0. The Kier molecular flexibility index (Phi) is 4.17. The van der Waals surface area contributed by atoms with Crippen LogP contribution in [0.1, 0.15) is 19.4 Å². The van der Waals surface area contributed by atoms with Gasteiger partial charge in [0.1, 0.15) is 0 Å². The summed E-state index contributed by atoms with van der Waals surface area (Å²) in [6, 6.07) is 9.63. The van der Waals surface area contributed by atoms with Gasteiger partial charge in [-0.25, -0.2) is 0 Å².